The Hall–Kier alpha value is -5.14. The van der Waals surface area contributed by atoms with E-state index in [-0.39, 0.29) is 17.8 Å². The Morgan fingerprint density at radius 1 is 0.933 bits per heavy atom. The van der Waals surface area contributed by atoms with Crippen molar-refractivity contribution in [1.82, 2.24) is 19.8 Å². The molecule has 7 rings (SSSR count). The third kappa shape index (κ3) is 5.87. The first-order valence-electron chi connectivity index (χ1n) is 15.6. The number of carbonyl (C=O) groups is 1. The number of rotatable bonds is 8. The average Bonchev–Trinajstić information content (AvgIpc) is 3.78. The maximum absolute atomic E-state index is 13.4. The van der Waals surface area contributed by atoms with Crippen LogP contribution in [0.25, 0.3) is 21.8 Å². The van der Waals surface area contributed by atoms with Crippen LogP contribution in [0.15, 0.2) is 108 Å². The van der Waals surface area contributed by atoms with E-state index in [1.165, 1.54) is 18.4 Å². The van der Waals surface area contributed by atoms with Crippen molar-refractivity contribution >= 4 is 39.1 Å². The Bertz CT molecular complexity index is 2030. The number of aryl methyl sites for hydroxylation is 1. The minimum atomic E-state index is -0.182. The van der Waals surface area contributed by atoms with Crippen LogP contribution in [0.5, 0.6) is 5.88 Å². The van der Waals surface area contributed by atoms with Crippen molar-refractivity contribution < 1.29 is 9.90 Å². The summed E-state index contributed by atoms with van der Waals surface area (Å²) in [6, 6.07) is 31.9. The summed E-state index contributed by atoms with van der Waals surface area (Å²) in [6.45, 7) is 5.12. The number of carbonyl (C=O) groups excluding carboxylic acids is 1. The predicted molar refractivity (Wildman–Crippen MR) is 181 cm³/mol. The SMILES string of the molecule is C[C@@H](NC(=O)c1ccc2[nH]c(O)c(C(=Nc3cccc(CN4CCCC4)c3)c3ccc4c(ccn4C)c3)c2c1)c1ccccc1. The molecule has 2 aromatic heterocycles. The Morgan fingerprint density at radius 3 is 2.56 bits per heavy atom. The van der Waals surface area contributed by atoms with Crippen LogP contribution in [0.1, 0.15) is 58.4 Å². The maximum atomic E-state index is 13.4. The van der Waals surface area contributed by atoms with E-state index in [9.17, 15) is 9.90 Å². The van der Waals surface area contributed by atoms with Gasteiger partial charge in [-0.15, -0.1) is 0 Å². The minimum Gasteiger partial charge on any atom is -0.494 e. The molecule has 1 atom stereocenters. The second-order valence-electron chi connectivity index (χ2n) is 12.0. The molecule has 0 saturated carbocycles. The summed E-state index contributed by atoms with van der Waals surface area (Å²) >= 11 is 0. The van der Waals surface area contributed by atoms with Gasteiger partial charge < -0.3 is 20.0 Å². The standard InChI is InChI=1S/C38H37N5O2/c1-25(27-10-4-3-5-11-27)39-37(44)30-13-15-33-32(23-30)35(38(45)41-33)36(29-14-16-34-28(22-29)17-20-42(34)2)40-31-12-8-9-26(21-31)24-43-18-6-7-19-43/h3-5,8-17,20-23,25,41,45H,6-7,18-19,24H2,1-2H3,(H,39,44)/t25-/m1/s1. The first kappa shape index (κ1) is 28.6. The summed E-state index contributed by atoms with van der Waals surface area (Å²) in [5.74, 6) is -0.168. The molecule has 0 bridgehead atoms. The molecule has 0 unspecified atom stereocenters. The quantitative estimate of drug-likeness (QED) is 0.158. The lowest BCUT2D eigenvalue weighted by Gasteiger charge is -2.15. The molecule has 45 heavy (non-hydrogen) atoms. The third-order valence-corrected chi connectivity index (χ3v) is 8.84. The molecule has 1 aliphatic rings. The van der Waals surface area contributed by atoms with Gasteiger partial charge in [-0.3, -0.25) is 9.69 Å². The van der Waals surface area contributed by atoms with E-state index in [4.69, 9.17) is 4.99 Å². The van der Waals surface area contributed by atoms with Crippen LogP contribution in [-0.4, -0.2) is 44.3 Å². The number of hydrogen-bond donors (Lipinski definition) is 3. The summed E-state index contributed by atoms with van der Waals surface area (Å²) < 4.78 is 2.09. The molecule has 226 valence electrons. The molecule has 6 aromatic rings. The summed E-state index contributed by atoms with van der Waals surface area (Å²) in [4.78, 5) is 24.2. The predicted octanol–water partition coefficient (Wildman–Crippen LogP) is 7.62. The second-order valence-corrected chi connectivity index (χ2v) is 12.0. The second kappa shape index (κ2) is 12.1. The van der Waals surface area contributed by atoms with Crippen molar-refractivity contribution in [3.8, 4) is 5.88 Å². The summed E-state index contributed by atoms with van der Waals surface area (Å²) in [6.07, 6.45) is 4.53. The molecule has 1 fully saturated rings. The first-order chi connectivity index (χ1) is 21.9. The fraction of sp³-hybridized carbons (Fsp3) is 0.211. The normalized spacial score (nSPS) is 14.8. The third-order valence-electron chi connectivity index (χ3n) is 8.84. The molecule has 3 heterocycles. The lowest BCUT2D eigenvalue weighted by Crippen LogP contribution is -2.26. The topological polar surface area (TPSA) is 85.7 Å². The highest BCUT2D eigenvalue weighted by molar-refractivity contribution is 6.23. The highest BCUT2D eigenvalue weighted by atomic mass is 16.3. The first-order valence-corrected chi connectivity index (χ1v) is 15.6. The van der Waals surface area contributed by atoms with Crippen LogP contribution in [-0.2, 0) is 13.6 Å². The van der Waals surface area contributed by atoms with Crippen LogP contribution >= 0.6 is 0 Å². The zero-order valence-electron chi connectivity index (χ0n) is 25.6. The van der Waals surface area contributed by atoms with Crippen molar-refractivity contribution in [2.45, 2.75) is 32.4 Å². The Morgan fingerprint density at radius 2 is 1.73 bits per heavy atom. The van der Waals surface area contributed by atoms with Gasteiger partial charge in [0.05, 0.1) is 23.0 Å². The summed E-state index contributed by atoms with van der Waals surface area (Å²) in [7, 11) is 2.03. The number of hydrogen-bond acceptors (Lipinski definition) is 4. The molecule has 7 nitrogen and oxygen atoms in total. The summed E-state index contributed by atoms with van der Waals surface area (Å²) in [5.41, 5.74) is 7.49. The largest absolute Gasteiger partial charge is 0.494 e. The van der Waals surface area contributed by atoms with Gasteiger partial charge in [-0.05, 0) is 92.5 Å². The monoisotopic (exact) mass is 595 g/mol. The van der Waals surface area contributed by atoms with Gasteiger partial charge in [0.15, 0.2) is 5.88 Å². The number of benzene rings is 4. The van der Waals surface area contributed by atoms with Crippen molar-refractivity contribution in [3.63, 3.8) is 0 Å². The van der Waals surface area contributed by atoms with Crippen LogP contribution in [0, 0.1) is 0 Å². The number of aromatic nitrogens is 2. The smallest absolute Gasteiger partial charge is 0.251 e. The minimum absolute atomic E-state index is 0.0142. The number of likely N-dealkylation sites (tertiary alicyclic amines) is 1. The number of fused-ring (bicyclic) bond motifs is 2. The van der Waals surface area contributed by atoms with E-state index in [1.54, 1.807) is 6.07 Å². The Labute approximate surface area is 262 Å². The van der Waals surface area contributed by atoms with Crippen LogP contribution in [0.4, 0.5) is 5.69 Å². The van der Waals surface area contributed by atoms with E-state index < -0.39 is 0 Å². The molecule has 3 N–H and O–H groups in total. The van der Waals surface area contributed by atoms with Gasteiger partial charge in [-0.1, -0.05) is 48.5 Å². The zero-order valence-corrected chi connectivity index (χ0v) is 25.6. The molecule has 1 aliphatic heterocycles. The lowest BCUT2D eigenvalue weighted by molar-refractivity contribution is 0.0940. The number of aromatic hydroxyl groups is 1. The number of aromatic amines is 1. The number of nitrogens with one attached hydrogen (secondary N) is 2. The van der Waals surface area contributed by atoms with Gasteiger partial charge in [-0.2, -0.15) is 0 Å². The van der Waals surface area contributed by atoms with Crippen molar-refractivity contribution in [2.75, 3.05) is 13.1 Å². The highest BCUT2D eigenvalue weighted by Gasteiger charge is 2.22. The van der Waals surface area contributed by atoms with E-state index in [2.05, 4.69) is 50.1 Å². The fourth-order valence-corrected chi connectivity index (χ4v) is 6.41. The van der Waals surface area contributed by atoms with Gasteiger partial charge in [0, 0.05) is 52.7 Å². The van der Waals surface area contributed by atoms with E-state index in [0.717, 1.165) is 58.3 Å². The number of nitrogens with zero attached hydrogens (tertiary/aromatic N) is 3. The number of H-pyrrole nitrogens is 1. The van der Waals surface area contributed by atoms with Crippen LogP contribution in [0.3, 0.4) is 0 Å². The van der Waals surface area contributed by atoms with Crippen LogP contribution in [0.2, 0.25) is 0 Å². The van der Waals surface area contributed by atoms with Crippen molar-refractivity contribution in [3.05, 3.63) is 131 Å². The Balaban J connectivity index is 1.32. The lowest BCUT2D eigenvalue weighted by atomic mass is 9.98. The van der Waals surface area contributed by atoms with Gasteiger partial charge in [-0.25, -0.2) is 4.99 Å². The fourth-order valence-electron chi connectivity index (χ4n) is 6.41. The van der Waals surface area contributed by atoms with Gasteiger partial charge >= 0.3 is 0 Å². The number of aliphatic imine (C=N–C) groups is 1. The van der Waals surface area contributed by atoms with Crippen molar-refractivity contribution in [2.24, 2.45) is 12.0 Å². The molecule has 1 saturated heterocycles. The maximum Gasteiger partial charge on any atom is 0.251 e. The Kier molecular flexibility index (Phi) is 7.69. The van der Waals surface area contributed by atoms with E-state index in [0.29, 0.717) is 16.8 Å². The molecule has 1 amide bonds. The molecule has 4 aromatic carbocycles. The summed E-state index contributed by atoms with van der Waals surface area (Å²) in [5, 5.41) is 16.3. The molecule has 0 radical (unpaired) electrons. The van der Waals surface area contributed by atoms with E-state index in [1.807, 2.05) is 80.8 Å². The zero-order chi connectivity index (χ0) is 30.9. The molecule has 0 aliphatic carbocycles. The molecule has 0 spiro atoms. The highest BCUT2D eigenvalue weighted by Crippen LogP contribution is 2.33. The average molecular weight is 596 g/mol. The van der Waals surface area contributed by atoms with Gasteiger partial charge in [0.1, 0.15) is 0 Å². The molecular formula is C38H37N5O2. The van der Waals surface area contributed by atoms with Gasteiger partial charge in [0.25, 0.3) is 5.91 Å². The van der Waals surface area contributed by atoms with E-state index >= 15 is 0 Å². The van der Waals surface area contributed by atoms with Crippen LogP contribution < -0.4 is 5.32 Å². The molecular weight excluding hydrogens is 558 g/mol. The van der Waals surface area contributed by atoms with Crippen molar-refractivity contribution in [1.29, 1.82) is 0 Å². The number of amides is 1. The van der Waals surface area contributed by atoms with Gasteiger partial charge in [0.2, 0.25) is 0 Å². The molecule has 7 heteroatoms.